The lowest BCUT2D eigenvalue weighted by atomic mass is 10.1. The monoisotopic (exact) mass is 363 g/mol. The average molecular weight is 363 g/mol. The highest BCUT2D eigenvalue weighted by molar-refractivity contribution is 5.95. The Morgan fingerprint density at radius 1 is 1.35 bits per heavy atom. The summed E-state index contributed by atoms with van der Waals surface area (Å²) in [6, 6.07) is 5.24. The van der Waals surface area contributed by atoms with Gasteiger partial charge in [-0.05, 0) is 39.0 Å². The van der Waals surface area contributed by atoms with Gasteiger partial charge in [0.05, 0.1) is 24.8 Å². The van der Waals surface area contributed by atoms with Crippen LogP contribution in [0.2, 0.25) is 0 Å². The summed E-state index contributed by atoms with van der Waals surface area (Å²) in [7, 11) is 3.51. The summed E-state index contributed by atoms with van der Waals surface area (Å²) in [5, 5.41) is 5.78. The van der Waals surface area contributed by atoms with Gasteiger partial charge in [0.2, 0.25) is 5.91 Å². The molecule has 0 unspecified atom stereocenters. The third-order valence-electron chi connectivity index (χ3n) is 4.11. The normalized spacial score (nSPS) is 16.5. The Morgan fingerprint density at radius 3 is 2.73 bits per heavy atom. The fourth-order valence-electron chi connectivity index (χ4n) is 2.80. The minimum atomic E-state index is -0.267. The van der Waals surface area contributed by atoms with Crippen LogP contribution in [0.1, 0.15) is 37.6 Å². The second kappa shape index (κ2) is 8.40. The lowest BCUT2D eigenvalue weighted by molar-refractivity contribution is -0.123. The van der Waals surface area contributed by atoms with E-state index in [-0.39, 0.29) is 23.4 Å². The number of carbonyl (C=O) groups is 2. The summed E-state index contributed by atoms with van der Waals surface area (Å²) >= 11 is 0. The first-order chi connectivity index (χ1) is 12.2. The van der Waals surface area contributed by atoms with Crippen LogP contribution in [-0.4, -0.2) is 57.3 Å². The number of nitrogens with one attached hydrogen (secondary N) is 2. The molecule has 7 heteroatoms. The smallest absolute Gasteiger partial charge is 0.251 e. The predicted octanol–water partition coefficient (Wildman–Crippen LogP) is 1.56. The molecule has 0 saturated heterocycles. The summed E-state index contributed by atoms with van der Waals surface area (Å²) in [6.07, 6.45) is 0.331. The van der Waals surface area contributed by atoms with Crippen molar-refractivity contribution in [2.75, 3.05) is 38.8 Å². The number of rotatable bonds is 6. The fraction of sp³-hybridized carbons (Fsp3) is 0.579. The number of fused-ring (bicyclic) bond motifs is 1. The Bertz CT molecular complexity index is 655. The summed E-state index contributed by atoms with van der Waals surface area (Å²) in [5.41, 5.74) is 1.09. The van der Waals surface area contributed by atoms with Crippen molar-refractivity contribution in [2.45, 2.75) is 38.8 Å². The van der Waals surface area contributed by atoms with Crippen LogP contribution in [-0.2, 0) is 9.53 Å². The first kappa shape index (κ1) is 20.0. The molecule has 1 aromatic rings. The lowest BCUT2D eigenvalue weighted by Gasteiger charge is -2.36. The summed E-state index contributed by atoms with van der Waals surface area (Å²) in [5.74, 6) is 0.536. The third kappa shape index (κ3) is 5.36. The molecule has 2 rings (SSSR count). The van der Waals surface area contributed by atoms with Gasteiger partial charge in [-0.3, -0.25) is 9.59 Å². The number of amides is 2. The highest BCUT2D eigenvalue weighted by Gasteiger charge is 2.28. The van der Waals surface area contributed by atoms with E-state index in [9.17, 15) is 9.59 Å². The van der Waals surface area contributed by atoms with Crippen molar-refractivity contribution in [3.8, 4) is 5.75 Å². The maximum atomic E-state index is 12.2. The van der Waals surface area contributed by atoms with E-state index in [1.54, 1.807) is 25.3 Å². The Hall–Kier alpha value is -2.28. The standard InChI is InChI=1S/C19H29N3O4/c1-19(2,3)21-17(23)11-14-12-26-16-7-6-13(10-15(16)22(14)4)18(24)20-8-9-25-5/h6-7,10,14H,8-9,11-12H2,1-5H3,(H,20,24)(H,21,23)/t14-/m1/s1. The molecule has 1 heterocycles. The second-order valence-electron chi connectivity index (χ2n) is 7.51. The zero-order valence-corrected chi connectivity index (χ0v) is 16.2. The zero-order valence-electron chi connectivity index (χ0n) is 16.2. The largest absolute Gasteiger partial charge is 0.489 e. The lowest BCUT2D eigenvalue weighted by Crippen LogP contribution is -2.47. The molecule has 7 nitrogen and oxygen atoms in total. The highest BCUT2D eigenvalue weighted by Crippen LogP contribution is 2.34. The van der Waals surface area contributed by atoms with Gasteiger partial charge >= 0.3 is 0 Å². The van der Waals surface area contributed by atoms with E-state index in [0.29, 0.717) is 37.5 Å². The van der Waals surface area contributed by atoms with Gasteiger partial charge in [-0.1, -0.05) is 0 Å². The molecule has 144 valence electrons. The Morgan fingerprint density at radius 2 is 2.08 bits per heavy atom. The molecular weight excluding hydrogens is 334 g/mol. The number of hydrogen-bond acceptors (Lipinski definition) is 5. The van der Waals surface area contributed by atoms with Crippen LogP contribution in [0.5, 0.6) is 5.75 Å². The van der Waals surface area contributed by atoms with Crippen LogP contribution < -0.4 is 20.3 Å². The number of hydrogen-bond donors (Lipinski definition) is 2. The molecular formula is C19H29N3O4. The number of ether oxygens (including phenoxy) is 2. The third-order valence-corrected chi connectivity index (χ3v) is 4.11. The zero-order chi connectivity index (χ0) is 19.3. The Balaban J connectivity index is 2.07. The second-order valence-corrected chi connectivity index (χ2v) is 7.51. The summed E-state index contributed by atoms with van der Waals surface area (Å²) < 4.78 is 10.7. The minimum absolute atomic E-state index is 0.0186. The molecule has 2 N–H and O–H groups in total. The molecule has 1 aliphatic rings. The van der Waals surface area contributed by atoms with Crippen LogP contribution in [0.15, 0.2) is 18.2 Å². The maximum Gasteiger partial charge on any atom is 0.251 e. The fourth-order valence-corrected chi connectivity index (χ4v) is 2.80. The first-order valence-electron chi connectivity index (χ1n) is 8.79. The molecule has 26 heavy (non-hydrogen) atoms. The van der Waals surface area contributed by atoms with Gasteiger partial charge in [0.1, 0.15) is 12.4 Å². The van der Waals surface area contributed by atoms with E-state index >= 15 is 0 Å². The van der Waals surface area contributed by atoms with E-state index in [2.05, 4.69) is 10.6 Å². The Kier molecular flexibility index (Phi) is 6.47. The molecule has 0 fully saturated rings. The van der Waals surface area contributed by atoms with Crippen molar-refractivity contribution >= 4 is 17.5 Å². The van der Waals surface area contributed by atoms with Crippen LogP contribution >= 0.6 is 0 Å². The van der Waals surface area contributed by atoms with Crippen LogP contribution in [0, 0.1) is 0 Å². The molecule has 1 atom stereocenters. The van der Waals surface area contributed by atoms with Crippen LogP contribution in [0.25, 0.3) is 0 Å². The molecule has 0 radical (unpaired) electrons. The van der Waals surface area contributed by atoms with Gasteiger partial charge in [-0.2, -0.15) is 0 Å². The molecule has 0 aromatic heterocycles. The molecule has 0 aliphatic carbocycles. The molecule has 0 spiro atoms. The average Bonchev–Trinajstić information content (AvgIpc) is 2.55. The number of anilines is 1. The van der Waals surface area contributed by atoms with Gasteiger partial charge in [-0.15, -0.1) is 0 Å². The molecule has 2 amide bonds. The van der Waals surface area contributed by atoms with Gasteiger partial charge in [0, 0.05) is 31.8 Å². The van der Waals surface area contributed by atoms with Gasteiger partial charge in [0.15, 0.2) is 0 Å². The van der Waals surface area contributed by atoms with Gasteiger partial charge < -0.3 is 25.0 Å². The molecule has 1 aliphatic heterocycles. The minimum Gasteiger partial charge on any atom is -0.489 e. The van der Waals surface area contributed by atoms with E-state index in [1.807, 2.05) is 32.7 Å². The maximum absolute atomic E-state index is 12.2. The topological polar surface area (TPSA) is 79.9 Å². The predicted molar refractivity (Wildman–Crippen MR) is 101 cm³/mol. The van der Waals surface area contributed by atoms with Crippen molar-refractivity contribution in [3.63, 3.8) is 0 Å². The number of likely N-dealkylation sites (N-methyl/N-ethyl adjacent to an activating group) is 1. The quantitative estimate of drug-likeness (QED) is 0.750. The summed E-state index contributed by atoms with van der Waals surface area (Å²) in [4.78, 5) is 26.5. The molecule has 0 bridgehead atoms. The number of carbonyl (C=O) groups excluding carboxylic acids is 2. The SMILES string of the molecule is COCCNC(=O)c1ccc2c(c1)N(C)[C@H](CC(=O)NC(C)(C)C)CO2. The van der Waals surface area contributed by atoms with Gasteiger partial charge in [-0.25, -0.2) is 0 Å². The first-order valence-corrected chi connectivity index (χ1v) is 8.79. The van der Waals surface area contributed by atoms with Crippen molar-refractivity contribution in [2.24, 2.45) is 0 Å². The highest BCUT2D eigenvalue weighted by atomic mass is 16.5. The van der Waals surface area contributed by atoms with Gasteiger partial charge in [0.25, 0.3) is 5.91 Å². The molecule has 1 aromatic carbocycles. The Labute approximate surface area is 155 Å². The number of methoxy groups -OCH3 is 1. The van der Waals surface area contributed by atoms with Crippen molar-refractivity contribution in [3.05, 3.63) is 23.8 Å². The van der Waals surface area contributed by atoms with Crippen molar-refractivity contribution in [1.82, 2.24) is 10.6 Å². The number of nitrogens with zero attached hydrogens (tertiary/aromatic N) is 1. The van der Waals surface area contributed by atoms with Crippen molar-refractivity contribution in [1.29, 1.82) is 0 Å². The summed E-state index contributed by atoms with van der Waals surface area (Å²) in [6.45, 7) is 7.21. The van der Waals surface area contributed by atoms with E-state index < -0.39 is 0 Å². The number of benzene rings is 1. The van der Waals surface area contributed by atoms with E-state index in [4.69, 9.17) is 9.47 Å². The van der Waals surface area contributed by atoms with Crippen molar-refractivity contribution < 1.29 is 19.1 Å². The van der Waals surface area contributed by atoms with Crippen LogP contribution in [0.4, 0.5) is 5.69 Å². The van der Waals surface area contributed by atoms with Crippen LogP contribution in [0.3, 0.4) is 0 Å². The van der Waals surface area contributed by atoms with E-state index in [0.717, 1.165) is 5.69 Å². The van der Waals surface area contributed by atoms with E-state index in [1.165, 1.54) is 0 Å². The molecule has 0 saturated carbocycles.